The first-order valence-electron chi connectivity index (χ1n) is 5.57. The number of furan rings is 1. The molecule has 0 aliphatic rings. The van der Waals surface area contributed by atoms with Crippen LogP contribution in [0.2, 0.25) is 0 Å². The lowest BCUT2D eigenvalue weighted by Gasteiger charge is -2.01. The molecular formula is C14H8BrNO3. The molecule has 1 aromatic heterocycles. The van der Waals surface area contributed by atoms with E-state index in [-0.39, 0.29) is 10.6 Å². The summed E-state index contributed by atoms with van der Waals surface area (Å²) in [6, 6.07) is 12.5. The second kappa shape index (κ2) is 4.51. The molecule has 0 amide bonds. The lowest BCUT2D eigenvalue weighted by atomic mass is 10.0. The summed E-state index contributed by atoms with van der Waals surface area (Å²) in [5.41, 5.74) is 2.06. The van der Waals surface area contributed by atoms with Crippen LogP contribution < -0.4 is 0 Å². The van der Waals surface area contributed by atoms with E-state index in [1.54, 1.807) is 18.4 Å². The van der Waals surface area contributed by atoms with Crippen LogP contribution in [0.25, 0.3) is 22.1 Å². The smallest absolute Gasteiger partial charge is 0.278 e. The number of nitrogens with zero attached hydrogens (tertiary/aromatic N) is 1. The Morgan fingerprint density at radius 2 is 1.89 bits per heavy atom. The van der Waals surface area contributed by atoms with Crippen LogP contribution in [0.3, 0.4) is 0 Å². The van der Waals surface area contributed by atoms with E-state index >= 15 is 0 Å². The highest BCUT2D eigenvalue weighted by Crippen LogP contribution is 2.37. The first-order valence-corrected chi connectivity index (χ1v) is 6.36. The summed E-state index contributed by atoms with van der Waals surface area (Å²) in [4.78, 5) is 10.8. The molecule has 1 heterocycles. The molecule has 94 valence electrons. The molecule has 19 heavy (non-hydrogen) atoms. The second-order valence-electron chi connectivity index (χ2n) is 4.06. The number of benzene rings is 2. The van der Waals surface area contributed by atoms with Crippen LogP contribution in [0.1, 0.15) is 0 Å². The summed E-state index contributed by atoms with van der Waals surface area (Å²) in [7, 11) is 0. The van der Waals surface area contributed by atoms with Gasteiger partial charge in [-0.15, -0.1) is 0 Å². The first kappa shape index (κ1) is 11.9. The number of nitro benzene ring substituents is 1. The van der Waals surface area contributed by atoms with Gasteiger partial charge < -0.3 is 4.42 Å². The van der Waals surface area contributed by atoms with Crippen LogP contribution in [-0.2, 0) is 0 Å². The molecule has 3 aromatic rings. The molecule has 0 radical (unpaired) electrons. The highest BCUT2D eigenvalue weighted by molar-refractivity contribution is 9.10. The minimum atomic E-state index is -0.387. The summed E-state index contributed by atoms with van der Waals surface area (Å²) in [5, 5.41) is 12.0. The third-order valence-corrected chi connectivity index (χ3v) is 3.42. The molecule has 5 heteroatoms. The summed E-state index contributed by atoms with van der Waals surface area (Å²) in [6.07, 6.45) is 1.56. The molecule has 4 nitrogen and oxygen atoms in total. The van der Waals surface area contributed by atoms with Crippen LogP contribution in [0.5, 0.6) is 0 Å². The molecule has 0 saturated heterocycles. The van der Waals surface area contributed by atoms with Crippen molar-refractivity contribution >= 4 is 32.6 Å². The van der Waals surface area contributed by atoms with Gasteiger partial charge in [0.05, 0.1) is 16.7 Å². The number of rotatable bonds is 2. The Hall–Kier alpha value is -2.14. The van der Waals surface area contributed by atoms with Crippen molar-refractivity contribution in [2.45, 2.75) is 0 Å². The SMILES string of the molecule is O=[N+]([O-])c1cc(Br)ccc1-c1coc2ccccc12. The van der Waals surface area contributed by atoms with E-state index in [0.717, 1.165) is 16.5 Å². The number of fused-ring (bicyclic) bond motifs is 1. The maximum absolute atomic E-state index is 11.2. The van der Waals surface area contributed by atoms with Gasteiger partial charge in [0.25, 0.3) is 5.69 Å². The van der Waals surface area contributed by atoms with Gasteiger partial charge >= 0.3 is 0 Å². The number of para-hydroxylation sites is 1. The van der Waals surface area contributed by atoms with Crippen molar-refractivity contribution in [3.8, 4) is 11.1 Å². The van der Waals surface area contributed by atoms with Crippen LogP contribution in [-0.4, -0.2) is 4.92 Å². The zero-order chi connectivity index (χ0) is 13.4. The van der Waals surface area contributed by atoms with E-state index in [1.165, 1.54) is 6.07 Å². The molecular weight excluding hydrogens is 310 g/mol. The largest absolute Gasteiger partial charge is 0.464 e. The highest BCUT2D eigenvalue weighted by atomic mass is 79.9. The number of nitro groups is 1. The fourth-order valence-corrected chi connectivity index (χ4v) is 2.42. The zero-order valence-electron chi connectivity index (χ0n) is 9.67. The summed E-state index contributed by atoms with van der Waals surface area (Å²) >= 11 is 3.25. The molecule has 0 aliphatic carbocycles. The van der Waals surface area contributed by atoms with Gasteiger partial charge in [-0.2, -0.15) is 0 Å². The van der Waals surface area contributed by atoms with Gasteiger partial charge in [0.15, 0.2) is 0 Å². The Kier molecular flexibility index (Phi) is 2.83. The maximum Gasteiger partial charge on any atom is 0.278 e. The zero-order valence-corrected chi connectivity index (χ0v) is 11.3. The van der Waals surface area contributed by atoms with Crippen LogP contribution in [0.4, 0.5) is 5.69 Å². The van der Waals surface area contributed by atoms with E-state index in [2.05, 4.69) is 15.9 Å². The van der Waals surface area contributed by atoms with Crippen molar-refractivity contribution in [2.75, 3.05) is 0 Å². The maximum atomic E-state index is 11.2. The predicted molar refractivity (Wildman–Crippen MR) is 76.0 cm³/mol. The Bertz CT molecular complexity index is 779. The number of halogens is 1. The Morgan fingerprint density at radius 3 is 2.68 bits per heavy atom. The first-order chi connectivity index (χ1) is 9.16. The summed E-state index contributed by atoms with van der Waals surface area (Å²) in [5.74, 6) is 0. The Morgan fingerprint density at radius 1 is 1.11 bits per heavy atom. The van der Waals surface area contributed by atoms with Crippen molar-refractivity contribution in [3.05, 3.63) is 63.3 Å². The standard InChI is InChI=1S/C14H8BrNO3/c15-9-5-6-10(13(7-9)16(17)18)12-8-19-14-4-2-1-3-11(12)14/h1-8H. The van der Waals surface area contributed by atoms with Crippen molar-refractivity contribution in [1.82, 2.24) is 0 Å². The molecule has 0 saturated carbocycles. The highest BCUT2D eigenvalue weighted by Gasteiger charge is 2.19. The quantitative estimate of drug-likeness (QED) is 0.505. The molecule has 3 rings (SSSR count). The van der Waals surface area contributed by atoms with Crippen molar-refractivity contribution in [1.29, 1.82) is 0 Å². The Labute approximate surface area is 116 Å². The molecule has 0 fully saturated rings. The minimum absolute atomic E-state index is 0.0564. The third-order valence-electron chi connectivity index (χ3n) is 2.93. The predicted octanol–water partition coefficient (Wildman–Crippen LogP) is 4.77. The molecule has 0 unspecified atom stereocenters. The monoisotopic (exact) mass is 317 g/mol. The van der Waals surface area contributed by atoms with Gasteiger partial charge in [-0.1, -0.05) is 34.1 Å². The molecule has 2 aromatic carbocycles. The van der Waals surface area contributed by atoms with E-state index in [0.29, 0.717) is 10.0 Å². The van der Waals surface area contributed by atoms with Gasteiger partial charge in [-0.3, -0.25) is 10.1 Å². The van der Waals surface area contributed by atoms with Crippen molar-refractivity contribution < 1.29 is 9.34 Å². The lowest BCUT2D eigenvalue weighted by Crippen LogP contribution is -1.91. The van der Waals surface area contributed by atoms with Gasteiger partial charge in [-0.05, 0) is 18.2 Å². The van der Waals surface area contributed by atoms with E-state index in [1.807, 2.05) is 24.3 Å². The normalized spacial score (nSPS) is 10.8. The van der Waals surface area contributed by atoms with E-state index in [9.17, 15) is 10.1 Å². The molecule has 0 atom stereocenters. The number of hydrogen-bond donors (Lipinski definition) is 0. The summed E-state index contributed by atoms with van der Waals surface area (Å²) < 4.78 is 6.11. The van der Waals surface area contributed by atoms with Gasteiger partial charge in [0.1, 0.15) is 5.58 Å². The van der Waals surface area contributed by atoms with Gasteiger partial charge in [-0.25, -0.2) is 0 Å². The minimum Gasteiger partial charge on any atom is -0.464 e. The van der Waals surface area contributed by atoms with Gasteiger partial charge in [0.2, 0.25) is 0 Å². The second-order valence-corrected chi connectivity index (χ2v) is 4.98. The fraction of sp³-hybridized carbons (Fsp3) is 0. The molecule has 0 aliphatic heterocycles. The average Bonchev–Trinajstić information content (AvgIpc) is 2.82. The average molecular weight is 318 g/mol. The van der Waals surface area contributed by atoms with E-state index in [4.69, 9.17) is 4.42 Å². The van der Waals surface area contributed by atoms with Crippen LogP contribution in [0.15, 0.2) is 57.6 Å². The Balaban J connectivity index is 2.30. The topological polar surface area (TPSA) is 56.3 Å². The molecule has 0 spiro atoms. The van der Waals surface area contributed by atoms with Crippen molar-refractivity contribution in [3.63, 3.8) is 0 Å². The van der Waals surface area contributed by atoms with Crippen LogP contribution in [0, 0.1) is 10.1 Å². The number of hydrogen-bond acceptors (Lipinski definition) is 3. The fourth-order valence-electron chi connectivity index (χ4n) is 2.07. The third kappa shape index (κ3) is 2.02. The van der Waals surface area contributed by atoms with Gasteiger partial charge in [0, 0.05) is 21.5 Å². The van der Waals surface area contributed by atoms with Crippen LogP contribution >= 0.6 is 15.9 Å². The van der Waals surface area contributed by atoms with Crippen molar-refractivity contribution in [2.24, 2.45) is 0 Å². The lowest BCUT2D eigenvalue weighted by molar-refractivity contribution is -0.384. The summed E-state index contributed by atoms with van der Waals surface area (Å²) in [6.45, 7) is 0. The van der Waals surface area contributed by atoms with E-state index < -0.39 is 0 Å². The molecule has 0 N–H and O–H groups in total. The molecule has 0 bridgehead atoms.